The molecule has 0 atom stereocenters. The van der Waals surface area contributed by atoms with Gasteiger partial charge in [0.1, 0.15) is 5.82 Å². The van der Waals surface area contributed by atoms with Crippen molar-refractivity contribution in [2.75, 3.05) is 0 Å². The molecule has 0 amide bonds. The molecule has 0 aliphatic carbocycles. The van der Waals surface area contributed by atoms with Gasteiger partial charge in [0, 0.05) is 5.02 Å². The molecule has 118 valence electrons. The molecule has 0 N–H and O–H groups in total. The summed E-state index contributed by atoms with van der Waals surface area (Å²) in [5.41, 5.74) is 2.91. The predicted molar refractivity (Wildman–Crippen MR) is 96.4 cm³/mol. The summed E-state index contributed by atoms with van der Waals surface area (Å²) in [4.78, 5) is 17.6. The molecule has 1 aromatic heterocycles. The Morgan fingerprint density at radius 1 is 1.13 bits per heavy atom. The maximum absolute atomic E-state index is 13.1. The van der Waals surface area contributed by atoms with E-state index in [1.54, 1.807) is 16.7 Å². The van der Waals surface area contributed by atoms with Gasteiger partial charge in [0.25, 0.3) is 5.56 Å². The van der Waals surface area contributed by atoms with Crippen LogP contribution in [0.4, 0.5) is 0 Å². The number of alkyl halides is 1. The van der Waals surface area contributed by atoms with Gasteiger partial charge in [-0.3, -0.25) is 9.36 Å². The van der Waals surface area contributed by atoms with Crippen molar-refractivity contribution in [3.8, 4) is 5.69 Å². The third-order valence-corrected chi connectivity index (χ3v) is 4.49. The fourth-order valence-electron chi connectivity index (χ4n) is 2.74. The Morgan fingerprint density at radius 3 is 2.39 bits per heavy atom. The molecular formula is C17H13Cl3N2O. The zero-order valence-electron chi connectivity index (χ0n) is 12.5. The zero-order valence-corrected chi connectivity index (χ0v) is 14.8. The standard InChI is InChI=1S/C17H13Cl3N2O/c1-9-4-3-5-10(2)16(9)22-14(8-18)21-15-12(17(22)23)6-11(19)7-13(15)20/h3-7H,8H2,1-2H3. The summed E-state index contributed by atoms with van der Waals surface area (Å²) in [7, 11) is 0. The lowest BCUT2D eigenvalue weighted by Gasteiger charge is -2.17. The van der Waals surface area contributed by atoms with Crippen molar-refractivity contribution in [3.05, 3.63) is 67.7 Å². The van der Waals surface area contributed by atoms with E-state index in [0.29, 0.717) is 26.8 Å². The summed E-state index contributed by atoms with van der Waals surface area (Å²) in [6.45, 7) is 3.89. The van der Waals surface area contributed by atoms with E-state index in [1.165, 1.54) is 0 Å². The van der Waals surface area contributed by atoms with Crippen molar-refractivity contribution in [1.82, 2.24) is 9.55 Å². The molecule has 6 heteroatoms. The van der Waals surface area contributed by atoms with E-state index >= 15 is 0 Å². The number of rotatable bonds is 2. The van der Waals surface area contributed by atoms with Crippen LogP contribution in [0.1, 0.15) is 17.0 Å². The second-order valence-electron chi connectivity index (χ2n) is 5.33. The van der Waals surface area contributed by atoms with Gasteiger partial charge in [-0.05, 0) is 37.1 Å². The Morgan fingerprint density at radius 2 is 1.78 bits per heavy atom. The third kappa shape index (κ3) is 2.74. The summed E-state index contributed by atoms with van der Waals surface area (Å²) < 4.78 is 1.55. The Bertz CT molecular complexity index is 959. The molecule has 0 unspecified atom stereocenters. The molecule has 0 saturated heterocycles. The number of aromatic nitrogens is 2. The maximum atomic E-state index is 13.1. The highest BCUT2D eigenvalue weighted by molar-refractivity contribution is 6.38. The molecule has 0 spiro atoms. The van der Waals surface area contributed by atoms with Crippen molar-refractivity contribution in [1.29, 1.82) is 0 Å². The molecule has 3 nitrogen and oxygen atoms in total. The van der Waals surface area contributed by atoms with E-state index in [0.717, 1.165) is 16.8 Å². The first-order valence-corrected chi connectivity index (χ1v) is 8.26. The van der Waals surface area contributed by atoms with Gasteiger partial charge in [0.05, 0.1) is 27.5 Å². The minimum atomic E-state index is -0.229. The van der Waals surface area contributed by atoms with E-state index in [1.807, 2.05) is 32.0 Å². The van der Waals surface area contributed by atoms with Crippen LogP contribution in [0.15, 0.2) is 35.1 Å². The molecule has 0 radical (unpaired) electrons. The molecule has 3 aromatic rings. The van der Waals surface area contributed by atoms with Gasteiger partial charge < -0.3 is 0 Å². The van der Waals surface area contributed by atoms with Crippen molar-refractivity contribution < 1.29 is 0 Å². The fourth-order valence-corrected chi connectivity index (χ4v) is 3.45. The molecule has 2 aromatic carbocycles. The first-order valence-electron chi connectivity index (χ1n) is 6.97. The molecular weight excluding hydrogens is 355 g/mol. The molecule has 3 rings (SSSR count). The number of benzene rings is 2. The topological polar surface area (TPSA) is 34.9 Å². The Kier molecular flexibility index (Phi) is 4.37. The quantitative estimate of drug-likeness (QED) is 0.594. The first-order chi connectivity index (χ1) is 10.9. The highest BCUT2D eigenvalue weighted by Gasteiger charge is 2.17. The number of nitrogens with zero attached hydrogens (tertiary/aromatic N) is 2. The molecule has 1 heterocycles. The van der Waals surface area contributed by atoms with E-state index in [2.05, 4.69) is 4.98 Å². The Balaban J connectivity index is 2.51. The average molecular weight is 368 g/mol. The van der Waals surface area contributed by atoms with E-state index < -0.39 is 0 Å². The van der Waals surface area contributed by atoms with Crippen LogP contribution in [0.3, 0.4) is 0 Å². The average Bonchev–Trinajstić information content (AvgIpc) is 2.49. The third-order valence-electron chi connectivity index (χ3n) is 3.74. The zero-order chi connectivity index (χ0) is 16.7. The minimum Gasteiger partial charge on any atom is -0.268 e. The molecule has 0 saturated carbocycles. The van der Waals surface area contributed by atoms with Crippen LogP contribution in [0, 0.1) is 13.8 Å². The maximum Gasteiger partial charge on any atom is 0.266 e. The smallest absolute Gasteiger partial charge is 0.266 e. The van der Waals surface area contributed by atoms with Gasteiger partial charge in [-0.1, -0.05) is 41.4 Å². The van der Waals surface area contributed by atoms with Crippen LogP contribution in [-0.4, -0.2) is 9.55 Å². The molecule has 0 fully saturated rings. The lowest BCUT2D eigenvalue weighted by molar-refractivity contribution is 0.868. The molecule has 0 bridgehead atoms. The summed E-state index contributed by atoms with van der Waals surface area (Å²) in [5, 5.41) is 1.11. The number of aryl methyl sites for hydroxylation is 2. The highest BCUT2D eigenvalue weighted by atomic mass is 35.5. The fraction of sp³-hybridized carbons (Fsp3) is 0.176. The Hall–Kier alpha value is -1.55. The first kappa shape index (κ1) is 16.3. The number of hydrogen-bond donors (Lipinski definition) is 0. The van der Waals surface area contributed by atoms with Crippen LogP contribution in [0.2, 0.25) is 10.0 Å². The number of fused-ring (bicyclic) bond motifs is 1. The van der Waals surface area contributed by atoms with E-state index in [-0.39, 0.29) is 11.4 Å². The van der Waals surface area contributed by atoms with Gasteiger partial charge in [-0.15, -0.1) is 11.6 Å². The summed E-state index contributed by atoms with van der Waals surface area (Å²) >= 11 is 18.3. The monoisotopic (exact) mass is 366 g/mol. The number of hydrogen-bond acceptors (Lipinski definition) is 2. The summed E-state index contributed by atoms with van der Waals surface area (Å²) in [6, 6.07) is 8.99. The predicted octanol–water partition coefficient (Wildman–Crippen LogP) is 5.05. The van der Waals surface area contributed by atoms with Crippen molar-refractivity contribution >= 4 is 45.7 Å². The van der Waals surface area contributed by atoms with Crippen LogP contribution < -0.4 is 5.56 Å². The number of para-hydroxylation sites is 1. The van der Waals surface area contributed by atoms with Gasteiger partial charge in [0.15, 0.2) is 0 Å². The van der Waals surface area contributed by atoms with Crippen LogP contribution in [0.5, 0.6) is 0 Å². The largest absolute Gasteiger partial charge is 0.268 e. The second-order valence-corrected chi connectivity index (χ2v) is 6.44. The molecule has 0 aliphatic rings. The lowest BCUT2D eigenvalue weighted by Crippen LogP contribution is -2.25. The van der Waals surface area contributed by atoms with E-state index in [4.69, 9.17) is 34.8 Å². The molecule has 23 heavy (non-hydrogen) atoms. The SMILES string of the molecule is Cc1cccc(C)c1-n1c(CCl)nc2c(Cl)cc(Cl)cc2c1=O. The lowest BCUT2D eigenvalue weighted by atomic mass is 10.1. The van der Waals surface area contributed by atoms with Gasteiger partial charge in [-0.25, -0.2) is 4.98 Å². The second kappa shape index (κ2) is 6.16. The Labute approximate surface area is 148 Å². The van der Waals surface area contributed by atoms with Gasteiger partial charge in [0.2, 0.25) is 0 Å². The van der Waals surface area contributed by atoms with Crippen molar-refractivity contribution in [2.24, 2.45) is 0 Å². The molecule has 0 aliphatic heterocycles. The van der Waals surface area contributed by atoms with E-state index in [9.17, 15) is 4.79 Å². The van der Waals surface area contributed by atoms with Gasteiger partial charge >= 0.3 is 0 Å². The van der Waals surface area contributed by atoms with Crippen LogP contribution in [0.25, 0.3) is 16.6 Å². The summed E-state index contributed by atoms with van der Waals surface area (Å²) in [6.07, 6.45) is 0. The number of halogens is 3. The van der Waals surface area contributed by atoms with Crippen LogP contribution in [-0.2, 0) is 5.88 Å². The highest BCUT2D eigenvalue weighted by Crippen LogP contribution is 2.27. The van der Waals surface area contributed by atoms with Crippen molar-refractivity contribution in [2.45, 2.75) is 19.7 Å². The summed E-state index contributed by atoms with van der Waals surface area (Å²) in [5.74, 6) is 0.545. The normalized spacial score (nSPS) is 11.2. The van der Waals surface area contributed by atoms with Crippen molar-refractivity contribution in [3.63, 3.8) is 0 Å². The van der Waals surface area contributed by atoms with Gasteiger partial charge in [-0.2, -0.15) is 0 Å². The minimum absolute atomic E-state index is 0.0951. The van der Waals surface area contributed by atoms with Crippen LogP contribution >= 0.6 is 34.8 Å².